The van der Waals surface area contributed by atoms with Gasteiger partial charge in [0.1, 0.15) is 0 Å². The van der Waals surface area contributed by atoms with Gasteiger partial charge < -0.3 is 4.74 Å². The molecule has 1 fully saturated rings. The van der Waals surface area contributed by atoms with Crippen molar-refractivity contribution in [2.75, 3.05) is 20.3 Å². The minimum absolute atomic E-state index is 0.00875. The molecule has 20 heavy (non-hydrogen) atoms. The molecule has 0 spiro atoms. The van der Waals surface area contributed by atoms with Crippen molar-refractivity contribution in [1.82, 2.24) is 4.72 Å². The number of hydrogen-bond donors (Lipinski definition) is 1. The second-order valence-electron chi connectivity index (χ2n) is 5.61. The zero-order valence-electron chi connectivity index (χ0n) is 12.2. The number of rotatable bonds is 7. The third-order valence-corrected chi connectivity index (χ3v) is 5.56. The lowest BCUT2D eigenvalue weighted by molar-refractivity contribution is 0.0220. The van der Waals surface area contributed by atoms with Gasteiger partial charge in [0.05, 0.1) is 11.5 Å². The average molecular weight is 297 g/mol. The van der Waals surface area contributed by atoms with Gasteiger partial charge in [0.25, 0.3) is 0 Å². The Kier molecular flexibility index (Phi) is 4.83. The van der Waals surface area contributed by atoms with E-state index in [1.807, 2.05) is 19.1 Å². The standard InChI is InChI=1S/C15H23NO3S/c1-3-13-5-7-14(8-6-13)20(17,18)16-11-15(12-19-2)9-4-10-15/h5-8,16H,3-4,9-12H2,1-2H3. The van der Waals surface area contributed by atoms with Crippen LogP contribution in [0.3, 0.4) is 0 Å². The highest BCUT2D eigenvalue weighted by molar-refractivity contribution is 7.89. The fraction of sp³-hybridized carbons (Fsp3) is 0.600. The Labute approximate surface area is 121 Å². The van der Waals surface area contributed by atoms with Gasteiger partial charge in [0.2, 0.25) is 10.0 Å². The lowest BCUT2D eigenvalue weighted by atomic mass is 9.69. The van der Waals surface area contributed by atoms with Crippen molar-refractivity contribution in [3.8, 4) is 0 Å². The number of aryl methyl sites for hydroxylation is 1. The molecule has 1 aromatic rings. The molecule has 0 radical (unpaired) electrons. The zero-order valence-corrected chi connectivity index (χ0v) is 13.0. The lowest BCUT2D eigenvalue weighted by Gasteiger charge is -2.41. The summed E-state index contributed by atoms with van der Waals surface area (Å²) in [6.45, 7) is 3.12. The van der Waals surface area contributed by atoms with Gasteiger partial charge in [0.15, 0.2) is 0 Å². The van der Waals surface area contributed by atoms with Crippen LogP contribution in [-0.4, -0.2) is 28.7 Å². The van der Waals surface area contributed by atoms with E-state index in [1.54, 1.807) is 19.2 Å². The normalized spacial score (nSPS) is 17.7. The predicted octanol–water partition coefficient (Wildman–Crippen LogP) is 2.34. The van der Waals surface area contributed by atoms with E-state index in [2.05, 4.69) is 4.72 Å². The van der Waals surface area contributed by atoms with Crippen LogP contribution in [0.5, 0.6) is 0 Å². The van der Waals surface area contributed by atoms with Crippen molar-refractivity contribution in [3.63, 3.8) is 0 Å². The minimum atomic E-state index is -3.42. The first-order chi connectivity index (χ1) is 9.51. The minimum Gasteiger partial charge on any atom is -0.384 e. The summed E-state index contributed by atoms with van der Waals surface area (Å²) in [6, 6.07) is 7.07. The first kappa shape index (κ1) is 15.5. The fourth-order valence-corrected chi connectivity index (χ4v) is 3.75. The van der Waals surface area contributed by atoms with Crippen molar-refractivity contribution in [3.05, 3.63) is 29.8 Å². The highest BCUT2D eigenvalue weighted by Gasteiger charge is 2.37. The molecule has 0 heterocycles. The lowest BCUT2D eigenvalue weighted by Crippen LogP contribution is -2.45. The van der Waals surface area contributed by atoms with Crippen molar-refractivity contribution in [2.24, 2.45) is 5.41 Å². The van der Waals surface area contributed by atoms with Crippen molar-refractivity contribution in [1.29, 1.82) is 0 Å². The molecule has 1 saturated carbocycles. The molecule has 0 aromatic heterocycles. The number of methoxy groups -OCH3 is 1. The molecule has 0 bridgehead atoms. The second-order valence-corrected chi connectivity index (χ2v) is 7.38. The molecular formula is C15H23NO3S. The van der Waals surface area contributed by atoms with Crippen LogP contribution < -0.4 is 4.72 Å². The summed E-state index contributed by atoms with van der Waals surface area (Å²) in [5.41, 5.74) is 1.13. The van der Waals surface area contributed by atoms with Crippen LogP contribution in [0.2, 0.25) is 0 Å². The Morgan fingerprint density at radius 1 is 1.25 bits per heavy atom. The SMILES string of the molecule is CCc1ccc(S(=O)(=O)NCC2(COC)CCC2)cc1. The van der Waals surface area contributed by atoms with E-state index in [4.69, 9.17) is 4.74 Å². The monoisotopic (exact) mass is 297 g/mol. The Morgan fingerprint density at radius 3 is 2.35 bits per heavy atom. The molecule has 0 amide bonds. The smallest absolute Gasteiger partial charge is 0.240 e. The number of benzene rings is 1. The Balaban J connectivity index is 2.03. The van der Waals surface area contributed by atoms with Crippen LogP contribution >= 0.6 is 0 Å². The molecular weight excluding hydrogens is 274 g/mol. The Hall–Kier alpha value is -0.910. The maximum absolute atomic E-state index is 12.3. The number of nitrogens with one attached hydrogen (secondary N) is 1. The number of hydrogen-bond acceptors (Lipinski definition) is 3. The fourth-order valence-electron chi connectivity index (χ4n) is 2.59. The highest BCUT2D eigenvalue weighted by Crippen LogP contribution is 2.40. The average Bonchev–Trinajstić information content (AvgIpc) is 2.42. The van der Waals surface area contributed by atoms with E-state index >= 15 is 0 Å². The largest absolute Gasteiger partial charge is 0.384 e. The third kappa shape index (κ3) is 3.40. The molecule has 4 nitrogen and oxygen atoms in total. The summed E-state index contributed by atoms with van der Waals surface area (Å²) in [6.07, 6.45) is 4.11. The molecule has 1 N–H and O–H groups in total. The third-order valence-electron chi connectivity index (χ3n) is 4.14. The maximum Gasteiger partial charge on any atom is 0.240 e. The molecule has 0 aliphatic heterocycles. The molecule has 1 aromatic carbocycles. The van der Waals surface area contributed by atoms with Gasteiger partial charge in [-0.25, -0.2) is 13.1 Å². The van der Waals surface area contributed by atoms with E-state index in [0.29, 0.717) is 18.0 Å². The quantitative estimate of drug-likeness (QED) is 0.840. The summed E-state index contributed by atoms with van der Waals surface area (Å²) in [5.74, 6) is 0. The van der Waals surface area contributed by atoms with E-state index < -0.39 is 10.0 Å². The Bertz CT molecular complexity index is 533. The molecule has 0 atom stereocenters. The summed E-state index contributed by atoms with van der Waals surface area (Å²) in [7, 11) is -1.75. The molecule has 0 saturated heterocycles. The van der Waals surface area contributed by atoms with E-state index in [-0.39, 0.29) is 5.41 Å². The number of ether oxygens (including phenoxy) is 1. The highest BCUT2D eigenvalue weighted by atomic mass is 32.2. The van der Waals surface area contributed by atoms with E-state index in [1.165, 1.54) is 0 Å². The predicted molar refractivity (Wildman–Crippen MR) is 79.2 cm³/mol. The molecule has 1 aliphatic carbocycles. The van der Waals surface area contributed by atoms with E-state index in [0.717, 1.165) is 31.2 Å². The topological polar surface area (TPSA) is 55.4 Å². The summed E-state index contributed by atoms with van der Waals surface area (Å²) in [4.78, 5) is 0.335. The Morgan fingerprint density at radius 2 is 1.90 bits per heavy atom. The summed E-state index contributed by atoms with van der Waals surface area (Å²) < 4.78 is 32.5. The van der Waals surface area contributed by atoms with Crippen LogP contribution in [-0.2, 0) is 21.2 Å². The van der Waals surface area contributed by atoms with Crippen molar-refractivity contribution >= 4 is 10.0 Å². The van der Waals surface area contributed by atoms with Gasteiger partial charge in [-0.1, -0.05) is 25.5 Å². The molecule has 2 rings (SSSR count). The van der Waals surface area contributed by atoms with Gasteiger partial charge in [-0.2, -0.15) is 0 Å². The van der Waals surface area contributed by atoms with Gasteiger partial charge in [-0.3, -0.25) is 0 Å². The van der Waals surface area contributed by atoms with Crippen LogP contribution in [0.15, 0.2) is 29.2 Å². The van der Waals surface area contributed by atoms with Crippen molar-refractivity contribution in [2.45, 2.75) is 37.5 Å². The molecule has 1 aliphatic rings. The second kappa shape index (κ2) is 6.24. The summed E-state index contributed by atoms with van der Waals surface area (Å²) >= 11 is 0. The first-order valence-corrected chi connectivity index (χ1v) is 8.57. The van der Waals surface area contributed by atoms with Crippen molar-refractivity contribution < 1.29 is 13.2 Å². The summed E-state index contributed by atoms with van der Waals surface area (Å²) in [5, 5.41) is 0. The van der Waals surface area contributed by atoms with Gasteiger partial charge in [0, 0.05) is 19.1 Å². The first-order valence-electron chi connectivity index (χ1n) is 7.09. The zero-order chi connectivity index (χ0) is 14.6. The molecule has 5 heteroatoms. The number of sulfonamides is 1. The van der Waals surface area contributed by atoms with Crippen LogP contribution in [0.4, 0.5) is 0 Å². The van der Waals surface area contributed by atoms with Crippen LogP contribution in [0, 0.1) is 5.41 Å². The molecule has 0 unspecified atom stereocenters. The van der Waals surface area contributed by atoms with Crippen LogP contribution in [0.1, 0.15) is 31.7 Å². The maximum atomic E-state index is 12.3. The van der Waals surface area contributed by atoms with Gasteiger partial charge >= 0.3 is 0 Å². The van der Waals surface area contributed by atoms with Gasteiger partial charge in [-0.15, -0.1) is 0 Å². The van der Waals surface area contributed by atoms with Gasteiger partial charge in [-0.05, 0) is 37.0 Å². The molecule has 112 valence electrons. The van der Waals surface area contributed by atoms with Crippen LogP contribution in [0.25, 0.3) is 0 Å². The van der Waals surface area contributed by atoms with E-state index in [9.17, 15) is 8.42 Å².